The van der Waals surface area contributed by atoms with Crippen molar-refractivity contribution >= 4 is 5.95 Å². The Bertz CT molecular complexity index is 364. The third-order valence-electron chi connectivity index (χ3n) is 2.90. The van der Waals surface area contributed by atoms with Gasteiger partial charge >= 0.3 is 0 Å². The molecule has 0 radical (unpaired) electrons. The van der Waals surface area contributed by atoms with Crippen molar-refractivity contribution in [1.29, 1.82) is 0 Å². The highest BCUT2D eigenvalue weighted by Gasteiger charge is 2.26. The Labute approximate surface area is 102 Å². The second-order valence-electron chi connectivity index (χ2n) is 4.36. The molecule has 1 saturated heterocycles. The van der Waals surface area contributed by atoms with Crippen LogP contribution < -0.4 is 5.32 Å². The molecule has 2 atom stereocenters. The van der Waals surface area contributed by atoms with Crippen molar-refractivity contribution in [3.05, 3.63) is 17.5 Å². The number of aromatic nitrogens is 2. The zero-order valence-electron chi connectivity index (χ0n) is 10.6. The molecule has 2 rings (SSSR count). The Morgan fingerprint density at radius 1 is 1.35 bits per heavy atom. The summed E-state index contributed by atoms with van der Waals surface area (Å²) in [6.07, 6.45) is 0.975. The number of nitrogens with one attached hydrogen (secondary N) is 1. The van der Waals surface area contributed by atoms with E-state index in [1.54, 1.807) is 7.11 Å². The minimum atomic E-state index is 0.0631. The van der Waals surface area contributed by atoms with Crippen molar-refractivity contribution in [3.63, 3.8) is 0 Å². The molecule has 0 unspecified atom stereocenters. The zero-order valence-corrected chi connectivity index (χ0v) is 10.6. The average molecular weight is 237 g/mol. The maximum Gasteiger partial charge on any atom is 0.223 e. The van der Waals surface area contributed by atoms with Gasteiger partial charge < -0.3 is 14.8 Å². The van der Waals surface area contributed by atoms with Crippen molar-refractivity contribution < 1.29 is 9.47 Å². The number of anilines is 1. The quantitative estimate of drug-likeness (QED) is 0.859. The molecule has 1 fully saturated rings. The predicted molar refractivity (Wildman–Crippen MR) is 65.1 cm³/mol. The predicted octanol–water partition coefficient (Wildman–Crippen LogP) is 1.31. The van der Waals surface area contributed by atoms with Crippen molar-refractivity contribution in [2.45, 2.75) is 32.4 Å². The van der Waals surface area contributed by atoms with Crippen LogP contribution in [0.15, 0.2) is 6.07 Å². The van der Waals surface area contributed by atoms with Gasteiger partial charge in [-0.05, 0) is 26.3 Å². The molecule has 2 heterocycles. The molecule has 1 N–H and O–H groups in total. The van der Waals surface area contributed by atoms with Crippen molar-refractivity contribution in [2.24, 2.45) is 0 Å². The number of aryl methyl sites for hydroxylation is 2. The van der Waals surface area contributed by atoms with E-state index in [1.165, 1.54) is 0 Å². The Morgan fingerprint density at radius 3 is 2.71 bits per heavy atom. The molecular weight excluding hydrogens is 218 g/mol. The number of hydrogen-bond acceptors (Lipinski definition) is 5. The van der Waals surface area contributed by atoms with Gasteiger partial charge in [-0.2, -0.15) is 0 Å². The van der Waals surface area contributed by atoms with Crippen LogP contribution in [-0.4, -0.2) is 42.4 Å². The fourth-order valence-electron chi connectivity index (χ4n) is 2.07. The number of nitrogens with zero attached hydrogens (tertiary/aromatic N) is 2. The van der Waals surface area contributed by atoms with Crippen LogP contribution in [0.3, 0.4) is 0 Å². The SMILES string of the molecule is CO[C@H]1COCC[C@@H]1Nc1nc(C)cc(C)n1. The third-order valence-corrected chi connectivity index (χ3v) is 2.90. The van der Waals surface area contributed by atoms with Crippen LogP contribution in [0.4, 0.5) is 5.95 Å². The van der Waals surface area contributed by atoms with Gasteiger partial charge in [-0.15, -0.1) is 0 Å². The molecule has 5 nitrogen and oxygen atoms in total. The molecule has 0 saturated carbocycles. The van der Waals surface area contributed by atoms with Crippen LogP contribution in [0.2, 0.25) is 0 Å². The number of methoxy groups -OCH3 is 1. The number of hydrogen-bond donors (Lipinski definition) is 1. The van der Waals surface area contributed by atoms with E-state index in [4.69, 9.17) is 9.47 Å². The van der Waals surface area contributed by atoms with Crippen LogP contribution >= 0.6 is 0 Å². The zero-order chi connectivity index (χ0) is 12.3. The summed E-state index contributed by atoms with van der Waals surface area (Å²) in [4.78, 5) is 8.76. The van der Waals surface area contributed by atoms with Gasteiger partial charge in [0.25, 0.3) is 0 Å². The maximum atomic E-state index is 5.39. The van der Waals surface area contributed by atoms with Crippen LogP contribution in [0, 0.1) is 13.8 Å². The summed E-state index contributed by atoms with van der Waals surface area (Å²) in [5, 5.41) is 3.34. The molecule has 1 aliphatic rings. The first-order valence-corrected chi connectivity index (χ1v) is 5.88. The molecule has 0 bridgehead atoms. The molecule has 17 heavy (non-hydrogen) atoms. The van der Waals surface area contributed by atoms with E-state index >= 15 is 0 Å². The van der Waals surface area contributed by atoms with Crippen molar-refractivity contribution in [1.82, 2.24) is 9.97 Å². The minimum absolute atomic E-state index is 0.0631. The van der Waals surface area contributed by atoms with Gasteiger partial charge in [0, 0.05) is 25.1 Å². The summed E-state index contributed by atoms with van der Waals surface area (Å²) in [7, 11) is 1.70. The van der Waals surface area contributed by atoms with Crippen molar-refractivity contribution in [2.75, 3.05) is 25.6 Å². The summed E-state index contributed by atoms with van der Waals surface area (Å²) in [5.74, 6) is 0.677. The maximum absolute atomic E-state index is 5.39. The molecule has 5 heteroatoms. The van der Waals surface area contributed by atoms with Gasteiger partial charge in [-0.3, -0.25) is 0 Å². The van der Waals surface area contributed by atoms with Crippen LogP contribution in [-0.2, 0) is 9.47 Å². The highest BCUT2D eigenvalue weighted by Crippen LogP contribution is 2.15. The van der Waals surface area contributed by atoms with E-state index in [2.05, 4.69) is 15.3 Å². The number of ether oxygens (including phenoxy) is 2. The Morgan fingerprint density at radius 2 is 2.06 bits per heavy atom. The largest absolute Gasteiger partial charge is 0.379 e. The van der Waals surface area contributed by atoms with Gasteiger partial charge in [-0.1, -0.05) is 0 Å². The van der Waals surface area contributed by atoms with E-state index in [1.807, 2.05) is 19.9 Å². The lowest BCUT2D eigenvalue weighted by Crippen LogP contribution is -2.43. The van der Waals surface area contributed by atoms with Crippen LogP contribution in [0.25, 0.3) is 0 Å². The fraction of sp³-hybridized carbons (Fsp3) is 0.667. The molecule has 1 aromatic heterocycles. The lowest BCUT2D eigenvalue weighted by Gasteiger charge is -2.31. The van der Waals surface area contributed by atoms with Crippen LogP contribution in [0.5, 0.6) is 0 Å². The monoisotopic (exact) mass is 237 g/mol. The van der Waals surface area contributed by atoms with Gasteiger partial charge in [0.1, 0.15) is 6.10 Å². The fourth-order valence-corrected chi connectivity index (χ4v) is 2.07. The molecule has 1 aromatic rings. The topological polar surface area (TPSA) is 56.3 Å². The van der Waals surface area contributed by atoms with Gasteiger partial charge in [-0.25, -0.2) is 9.97 Å². The van der Waals surface area contributed by atoms with E-state index < -0.39 is 0 Å². The summed E-state index contributed by atoms with van der Waals surface area (Å²) in [6, 6.07) is 2.18. The van der Waals surface area contributed by atoms with E-state index in [-0.39, 0.29) is 12.1 Å². The summed E-state index contributed by atoms with van der Waals surface area (Å²) >= 11 is 0. The van der Waals surface area contributed by atoms with Gasteiger partial charge in [0.2, 0.25) is 5.95 Å². The highest BCUT2D eigenvalue weighted by atomic mass is 16.5. The minimum Gasteiger partial charge on any atom is -0.379 e. The smallest absolute Gasteiger partial charge is 0.223 e. The molecule has 1 aliphatic heterocycles. The number of rotatable bonds is 3. The average Bonchev–Trinajstić information content (AvgIpc) is 2.28. The van der Waals surface area contributed by atoms with E-state index in [0.29, 0.717) is 12.6 Å². The molecule has 0 aromatic carbocycles. The van der Waals surface area contributed by atoms with Crippen LogP contribution in [0.1, 0.15) is 17.8 Å². The standard InChI is InChI=1S/C12H19N3O2/c1-8-6-9(2)14-12(13-8)15-10-4-5-17-7-11(10)16-3/h6,10-11H,4-5,7H2,1-3H3,(H,13,14,15)/t10-,11-/m0/s1. The lowest BCUT2D eigenvalue weighted by molar-refractivity contribution is -0.0367. The molecule has 0 amide bonds. The van der Waals surface area contributed by atoms with Crippen molar-refractivity contribution in [3.8, 4) is 0 Å². The highest BCUT2D eigenvalue weighted by molar-refractivity contribution is 5.29. The molecule has 94 valence electrons. The Balaban J connectivity index is 2.08. The second kappa shape index (κ2) is 5.42. The summed E-state index contributed by atoms with van der Waals surface area (Å²) in [6.45, 7) is 5.32. The molecular formula is C12H19N3O2. The summed E-state index contributed by atoms with van der Waals surface area (Å²) in [5.41, 5.74) is 1.95. The first kappa shape index (κ1) is 12.3. The first-order valence-electron chi connectivity index (χ1n) is 5.88. The Hall–Kier alpha value is -1.20. The van der Waals surface area contributed by atoms with Gasteiger partial charge in [0.15, 0.2) is 0 Å². The third kappa shape index (κ3) is 3.14. The molecule has 0 spiro atoms. The van der Waals surface area contributed by atoms with E-state index in [0.717, 1.165) is 24.4 Å². The summed E-state index contributed by atoms with van der Waals surface area (Å²) < 4.78 is 10.8. The van der Waals surface area contributed by atoms with Gasteiger partial charge in [0.05, 0.1) is 12.6 Å². The molecule has 0 aliphatic carbocycles. The normalized spacial score (nSPS) is 24.6. The lowest BCUT2D eigenvalue weighted by atomic mass is 10.1. The Kier molecular flexibility index (Phi) is 3.91. The van der Waals surface area contributed by atoms with E-state index in [9.17, 15) is 0 Å². The first-order chi connectivity index (χ1) is 8.19. The second-order valence-corrected chi connectivity index (χ2v) is 4.36.